The summed E-state index contributed by atoms with van der Waals surface area (Å²) < 4.78 is 25.9. The highest BCUT2D eigenvalue weighted by molar-refractivity contribution is 7.89. The molecule has 1 aromatic rings. The van der Waals surface area contributed by atoms with Crippen molar-refractivity contribution in [1.82, 2.24) is 4.31 Å². The molecule has 0 aromatic heterocycles. The smallest absolute Gasteiger partial charge is 0.244 e. The molecule has 6 heteroatoms. The van der Waals surface area contributed by atoms with Crippen LogP contribution >= 0.6 is 0 Å². The number of nitrogens with zero attached hydrogens (tertiary/aromatic N) is 2. The lowest BCUT2D eigenvalue weighted by atomic mass is 10.2. The average molecular weight is 265 g/mol. The fraction of sp³-hybridized carbons (Fsp3) is 0.417. The maximum absolute atomic E-state index is 12.3. The van der Waals surface area contributed by atoms with E-state index in [1.54, 1.807) is 7.05 Å². The van der Waals surface area contributed by atoms with Gasteiger partial charge in [0.15, 0.2) is 0 Å². The topological polar surface area (TPSA) is 87.2 Å². The van der Waals surface area contributed by atoms with Gasteiger partial charge < -0.3 is 5.73 Å². The summed E-state index contributed by atoms with van der Waals surface area (Å²) in [6.07, 6.45) is 2.17. The van der Waals surface area contributed by atoms with E-state index in [0.717, 1.165) is 12.8 Å². The molecule has 5 nitrogen and oxygen atoms in total. The molecule has 96 valence electrons. The van der Waals surface area contributed by atoms with Crippen molar-refractivity contribution in [1.29, 1.82) is 5.26 Å². The lowest BCUT2D eigenvalue weighted by Gasteiger charge is -2.18. The molecule has 1 aromatic carbocycles. The Hall–Kier alpha value is -1.58. The minimum absolute atomic E-state index is 0.0738. The van der Waals surface area contributed by atoms with Crippen molar-refractivity contribution in [3.63, 3.8) is 0 Å². The van der Waals surface area contributed by atoms with Crippen LogP contribution in [-0.2, 0) is 10.0 Å². The second-order valence-corrected chi connectivity index (χ2v) is 6.61. The molecule has 1 fully saturated rings. The van der Waals surface area contributed by atoms with Gasteiger partial charge in [0, 0.05) is 13.6 Å². The van der Waals surface area contributed by atoms with Gasteiger partial charge in [0.25, 0.3) is 0 Å². The number of nitrogens with two attached hydrogens (primary N) is 1. The summed E-state index contributed by atoms with van der Waals surface area (Å²) in [4.78, 5) is 0.0738. The molecule has 1 saturated carbocycles. The van der Waals surface area contributed by atoms with E-state index in [9.17, 15) is 8.42 Å². The van der Waals surface area contributed by atoms with E-state index in [4.69, 9.17) is 11.0 Å². The van der Waals surface area contributed by atoms with Crippen LogP contribution in [0.3, 0.4) is 0 Å². The average Bonchev–Trinajstić information content (AvgIpc) is 3.12. The monoisotopic (exact) mass is 265 g/mol. The molecular weight excluding hydrogens is 250 g/mol. The Labute approximate surface area is 107 Å². The van der Waals surface area contributed by atoms with E-state index >= 15 is 0 Å². The van der Waals surface area contributed by atoms with E-state index in [0.29, 0.717) is 18.0 Å². The minimum atomic E-state index is -3.55. The highest BCUT2D eigenvalue weighted by Gasteiger charge is 2.30. The molecule has 0 saturated heterocycles. The molecular formula is C12H15N3O2S. The van der Waals surface area contributed by atoms with Crippen LogP contribution in [0.4, 0.5) is 5.69 Å². The van der Waals surface area contributed by atoms with Crippen molar-refractivity contribution in [2.45, 2.75) is 17.7 Å². The minimum Gasteiger partial charge on any atom is -0.398 e. The molecule has 0 atom stereocenters. The number of nitrogen functional groups attached to an aromatic ring is 1. The summed E-state index contributed by atoms with van der Waals surface area (Å²) in [6, 6.07) is 6.18. The fourth-order valence-electron chi connectivity index (χ4n) is 1.78. The van der Waals surface area contributed by atoms with Gasteiger partial charge in [-0.3, -0.25) is 0 Å². The van der Waals surface area contributed by atoms with Crippen LogP contribution in [0.25, 0.3) is 0 Å². The van der Waals surface area contributed by atoms with Crippen LogP contribution in [0.15, 0.2) is 23.1 Å². The number of rotatable bonds is 4. The molecule has 2 N–H and O–H groups in total. The summed E-state index contributed by atoms with van der Waals surface area (Å²) in [5.41, 5.74) is 6.19. The molecule has 2 rings (SSSR count). The highest BCUT2D eigenvalue weighted by atomic mass is 32.2. The number of hydrogen-bond donors (Lipinski definition) is 1. The van der Waals surface area contributed by atoms with Gasteiger partial charge in [0.05, 0.1) is 17.3 Å². The lowest BCUT2D eigenvalue weighted by Crippen LogP contribution is -2.29. The molecule has 0 radical (unpaired) electrons. The van der Waals surface area contributed by atoms with Crippen molar-refractivity contribution in [3.05, 3.63) is 23.8 Å². The second-order valence-electron chi connectivity index (χ2n) is 4.59. The van der Waals surface area contributed by atoms with E-state index in [-0.39, 0.29) is 10.6 Å². The van der Waals surface area contributed by atoms with Gasteiger partial charge in [-0.1, -0.05) is 0 Å². The Morgan fingerprint density at radius 3 is 2.67 bits per heavy atom. The molecule has 0 unspecified atom stereocenters. The van der Waals surface area contributed by atoms with Gasteiger partial charge in [0.1, 0.15) is 4.90 Å². The van der Waals surface area contributed by atoms with Gasteiger partial charge >= 0.3 is 0 Å². The zero-order valence-electron chi connectivity index (χ0n) is 10.1. The Morgan fingerprint density at radius 1 is 1.50 bits per heavy atom. The molecule has 0 heterocycles. The molecule has 0 bridgehead atoms. The van der Waals surface area contributed by atoms with Crippen LogP contribution in [0.5, 0.6) is 0 Å². The van der Waals surface area contributed by atoms with Crippen molar-refractivity contribution < 1.29 is 8.42 Å². The van der Waals surface area contributed by atoms with E-state index in [1.165, 1.54) is 22.5 Å². The van der Waals surface area contributed by atoms with E-state index in [1.807, 2.05) is 6.07 Å². The molecule has 1 aliphatic rings. The second kappa shape index (κ2) is 4.59. The first-order chi connectivity index (χ1) is 8.45. The van der Waals surface area contributed by atoms with Gasteiger partial charge in [-0.2, -0.15) is 5.26 Å². The zero-order valence-corrected chi connectivity index (χ0v) is 10.9. The van der Waals surface area contributed by atoms with E-state index in [2.05, 4.69) is 0 Å². The van der Waals surface area contributed by atoms with E-state index < -0.39 is 10.0 Å². The lowest BCUT2D eigenvalue weighted by molar-refractivity contribution is 0.453. The summed E-state index contributed by atoms with van der Waals surface area (Å²) in [5, 5.41) is 8.73. The maximum atomic E-state index is 12.3. The van der Waals surface area contributed by atoms with Crippen LogP contribution in [0.1, 0.15) is 18.4 Å². The first kappa shape index (κ1) is 12.9. The Bertz CT molecular complexity index is 600. The molecule has 0 spiro atoms. The van der Waals surface area contributed by atoms with Gasteiger partial charge in [-0.05, 0) is 37.0 Å². The number of sulfonamides is 1. The summed E-state index contributed by atoms with van der Waals surface area (Å²) in [7, 11) is -1.99. The van der Waals surface area contributed by atoms with Gasteiger partial charge in [-0.25, -0.2) is 12.7 Å². The van der Waals surface area contributed by atoms with Gasteiger partial charge in [0.2, 0.25) is 10.0 Å². The Balaban J connectivity index is 2.31. The third kappa shape index (κ3) is 2.47. The number of hydrogen-bond acceptors (Lipinski definition) is 4. The molecule has 0 amide bonds. The molecule has 1 aliphatic carbocycles. The van der Waals surface area contributed by atoms with Crippen LogP contribution in [0, 0.1) is 17.2 Å². The van der Waals surface area contributed by atoms with Crippen LogP contribution < -0.4 is 5.73 Å². The number of benzene rings is 1. The Morgan fingerprint density at radius 2 is 2.17 bits per heavy atom. The summed E-state index contributed by atoms with van der Waals surface area (Å²) in [6.45, 7) is 0.530. The van der Waals surface area contributed by atoms with Crippen LogP contribution in [-0.4, -0.2) is 26.3 Å². The predicted molar refractivity (Wildman–Crippen MR) is 68.1 cm³/mol. The normalized spacial score (nSPS) is 15.6. The van der Waals surface area contributed by atoms with Crippen molar-refractivity contribution >= 4 is 15.7 Å². The largest absolute Gasteiger partial charge is 0.398 e. The van der Waals surface area contributed by atoms with Crippen molar-refractivity contribution in [2.24, 2.45) is 5.92 Å². The first-order valence-electron chi connectivity index (χ1n) is 5.71. The molecule has 0 aliphatic heterocycles. The highest BCUT2D eigenvalue weighted by Crippen LogP contribution is 2.31. The number of anilines is 1. The maximum Gasteiger partial charge on any atom is 0.244 e. The van der Waals surface area contributed by atoms with Crippen molar-refractivity contribution in [2.75, 3.05) is 19.3 Å². The van der Waals surface area contributed by atoms with Crippen molar-refractivity contribution in [3.8, 4) is 6.07 Å². The fourth-order valence-corrected chi connectivity index (χ4v) is 3.12. The Kier molecular flexibility index (Phi) is 3.28. The standard InChI is InChI=1S/C12H15N3O2S/c1-15(8-9-2-3-9)18(16,17)12-5-4-10(7-13)6-11(12)14/h4-6,9H,2-3,8,14H2,1H3. The SMILES string of the molecule is CN(CC1CC1)S(=O)(=O)c1ccc(C#N)cc1N. The first-order valence-corrected chi connectivity index (χ1v) is 7.15. The van der Waals surface area contributed by atoms with Gasteiger partial charge in [-0.15, -0.1) is 0 Å². The molecule has 18 heavy (non-hydrogen) atoms. The third-order valence-electron chi connectivity index (χ3n) is 3.04. The van der Waals surface area contributed by atoms with Crippen LogP contribution in [0.2, 0.25) is 0 Å². The quantitative estimate of drug-likeness (QED) is 0.828. The predicted octanol–water partition coefficient (Wildman–Crippen LogP) is 1.17. The summed E-state index contributed by atoms with van der Waals surface area (Å²) >= 11 is 0. The number of nitriles is 1. The third-order valence-corrected chi connectivity index (χ3v) is 4.94. The zero-order chi connectivity index (χ0) is 13.3. The summed E-state index contributed by atoms with van der Waals surface area (Å²) in [5.74, 6) is 0.476.